The average molecular weight is 358 g/mol. The predicted octanol–water partition coefficient (Wildman–Crippen LogP) is 4.03. The minimum atomic E-state index is -0.479. The van der Waals surface area contributed by atoms with Crippen LogP contribution in [-0.2, 0) is 0 Å². The first-order chi connectivity index (χ1) is 9.11. The van der Waals surface area contributed by atoms with Crippen molar-refractivity contribution < 1.29 is 4.92 Å². The van der Waals surface area contributed by atoms with Crippen molar-refractivity contribution in [2.75, 3.05) is 5.08 Å². The number of halogens is 1. The van der Waals surface area contributed by atoms with E-state index in [2.05, 4.69) is 15.9 Å². The Hall–Kier alpha value is -1.48. The van der Waals surface area contributed by atoms with Gasteiger partial charge in [-0.15, -0.1) is 0 Å². The summed E-state index contributed by atoms with van der Waals surface area (Å²) in [6, 6.07) is 9.10. The van der Waals surface area contributed by atoms with Crippen molar-refractivity contribution in [1.29, 1.82) is 10.5 Å². The van der Waals surface area contributed by atoms with Gasteiger partial charge in [0.05, 0.1) is 10.0 Å². The fourth-order valence-electron chi connectivity index (χ4n) is 0.822. The molecule has 0 aromatic heterocycles. The van der Waals surface area contributed by atoms with Crippen LogP contribution < -0.4 is 0 Å². The molecule has 0 saturated carbocycles. The van der Waals surface area contributed by atoms with Crippen molar-refractivity contribution >= 4 is 45.5 Å². The highest BCUT2D eigenvalue weighted by Crippen LogP contribution is 2.11. The summed E-state index contributed by atoms with van der Waals surface area (Å²) >= 11 is 5.00. The van der Waals surface area contributed by atoms with Crippen molar-refractivity contribution in [3.63, 3.8) is 0 Å². The molecular formula is C11H8BrN3O2S2. The van der Waals surface area contributed by atoms with Crippen molar-refractivity contribution in [2.45, 2.75) is 0 Å². The third-order valence-electron chi connectivity index (χ3n) is 1.51. The lowest BCUT2D eigenvalue weighted by Crippen LogP contribution is -1.89. The molecule has 0 spiro atoms. The minimum Gasteiger partial charge on any atom is -0.258 e. The van der Waals surface area contributed by atoms with E-state index in [4.69, 9.17) is 10.5 Å². The normalized spacial score (nSPS) is 9.53. The fourth-order valence-corrected chi connectivity index (χ4v) is 1.74. The molecule has 0 fully saturated rings. The van der Waals surface area contributed by atoms with E-state index in [0.29, 0.717) is 5.08 Å². The van der Waals surface area contributed by atoms with E-state index >= 15 is 0 Å². The van der Waals surface area contributed by atoms with Crippen LogP contribution in [0, 0.1) is 31.4 Å². The molecule has 1 aromatic carbocycles. The Kier molecular flexibility index (Phi) is 10.7. The van der Waals surface area contributed by atoms with E-state index in [-0.39, 0.29) is 4.61 Å². The summed E-state index contributed by atoms with van der Waals surface area (Å²) in [4.78, 5) is 9.71. The van der Waals surface area contributed by atoms with Gasteiger partial charge in [-0.3, -0.25) is 10.1 Å². The molecule has 1 rings (SSSR count). The van der Waals surface area contributed by atoms with Crippen LogP contribution in [0.4, 0.5) is 0 Å². The van der Waals surface area contributed by atoms with Crippen LogP contribution >= 0.6 is 39.5 Å². The van der Waals surface area contributed by atoms with Gasteiger partial charge in [-0.1, -0.05) is 30.3 Å². The van der Waals surface area contributed by atoms with E-state index in [1.54, 1.807) is 12.1 Å². The predicted molar refractivity (Wildman–Crippen MR) is 81.6 cm³/mol. The Balaban J connectivity index is 0.000000399. The number of benzene rings is 1. The third-order valence-corrected chi connectivity index (χ3v) is 3.23. The Morgan fingerprint density at radius 1 is 1.32 bits per heavy atom. The first-order valence-electron chi connectivity index (χ1n) is 4.70. The van der Waals surface area contributed by atoms with Crippen molar-refractivity contribution in [3.8, 4) is 10.8 Å². The number of rotatable bonds is 4. The van der Waals surface area contributed by atoms with Crippen LogP contribution in [-0.4, -0.2) is 10.0 Å². The number of thiocyanates is 2. The van der Waals surface area contributed by atoms with Gasteiger partial charge in [0.1, 0.15) is 10.8 Å². The van der Waals surface area contributed by atoms with Gasteiger partial charge in [-0.2, -0.15) is 10.5 Å². The molecule has 0 saturated heterocycles. The number of thioether (sulfide) groups is 2. The van der Waals surface area contributed by atoms with Crippen LogP contribution in [0.5, 0.6) is 0 Å². The highest BCUT2D eigenvalue weighted by atomic mass is 79.9. The number of hydrogen-bond donors (Lipinski definition) is 0. The molecular weight excluding hydrogens is 350 g/mol. The summed E-state index contributed by atoms with van der Waals surface area (Å²) in [5, 5.41) is 30.2. The zero-order valence-electron chi connectivity index (χ0n) is 9.52. The van der Waals surface area contributed by atoms with E-state index in [1.165, 1.54) is 6.08 Å². The number of nitro groups is 1. The third kappa shape index (κ3) is 10.2. The Morgan fingerprint density at radius 2 is 1.84 bits per heavy atom. The van der Waals surface area contributed by atoms with Gasteiger partial charge < -0.3 is 0 Å². The summed E-state index contributed by atoms with van der Waals surface area (Å²) in [6.45, 7) is 0. The molecule has 0 unspecified atom stereocenters. The minimum absolute atomic E-state index is 0.0336. The first kappa shape index (κ1) is 17.5. The van der Waals surface area contributed by atoms with Gasteiger partial charge in [0.15, 0.2) is 0 Å². The van der Waals surface area contributed by atoms with Gasteiger partial charge in [0.2, 0.25) is 0 Å². The molecule has 0 atom stereocenters. The topological polar surface area (TPSA) is 90.7 Å². The summed E-state index contributed by atoms with van der Waals surface area (Å²) in [7, 11) is 0. The SMILES string of the molecule is N#CSCSC#N.O=[N+]([O-])C(Br)=Cc1ccccc1. The maximum Gasteiger partial charge on any atom is 0.311 e. The largest absolute Gasteiger partial charge is 0.311 e. The van der Waals surface area contributed by atoms with Crippen molar-refractivity contribution in [2.24, 2.45) is 0 Å². The summed E-state index contributed by atoms with van der Waals surface area (Å²) in [5.41, 5.74) is 0.807. The summed E-state index contributed by atoms with van der Waals surface area (Å²) in [6.07, 6.45) is 1.46. The maximum absolute atomic E-state index is 10.2. The van der Waals surface area contributed by atoms with Gasteiger partial charge in [-0.25, -0.2) is 0 Å². The lowest BCUT2D eigenvalue weighted by molar-refractivity contribution is -0.407. The van der Waals surface area contributed by atoms with Gasteiger partial charge in [0.25, 0.3) is 0 Å². The lowest BCUT2D eigenvalue weighted by Gasteiger charge is -1.89. The molecule has 98 valence electrons. The van der Waals surface area contributed by atoms with E-state index in [0.717, 1.165) is 29.1 Å². The van der Waals surface area contributed by atoms with Crippen LogP contribution in [0.2, 0.25) is 0 Å². The highest BCUT2D eigenvalue weighted by molar-refractivity contribution is 9.11. The molecule has 0 radical (unpaired) electrons. The van der Waals surface area contributed by atoms with Crippen molar-refractivity contribution in [3.05, 3.63) is 50.6 Å². The van der Waals surface area contributed by atoms with Crippen LogP contribution in [0.15, 0.2) is 34.9 Å². The van der Waals surface area contributed by atoms with E-state index in [9.17, 15) is 10.1 Å². The molecule has 0 N–H and O–H groups in total. The Bertz CT molecular complexity index is 495. The van der Waals surface area contributed by atoms with Gasteiger partial charge in [0, 0.05) is 22.0 Å². The van der Waals surface area contributed by atoms with Crippen LogP contribution in [0.1, 0.15) is 5.56 Å². The molecule has 8 heteroatoms. The molecule has 0 aliphatic rings. The second-order valence-electron chi connectivity index (χ2n) is 2.72. The maximum atomic E-state index is 10.2. The molecule has 1 aromatic rings. The first-order valence-corrected chi connectivity index (χ1v) is 7.46. The molecule has 5 nitrogen and oxygen atoms in total. The Labute approximate surface area is 127 Å². The number of nitriles is 2. The second-order valence-corrected chi connectivity index (χ2v) is 5.42. The molecule has 0 bridgehead atoms. The molecule has 0 heterocycles. The molecule has 0 aliphatic heterocycles. The zero-order valence-corrected chi connectivity index (χ0v) is 12.7. The Morgan fingerprint density at radius 3 is 2.26 bits per heavy atom. The number of nitrogens with zero attached hydrogens (tertiary/aromatic N) is 3. The smallest absolute Gasteiger partial charge is 0.258 e. The van der Waals surface area contributed by atoms with Crippen LogP contribution in [0.25, 0.3) is 6.08 Å². The van der Waals surface area contributed by atoms with Gasteiger partial charge >= 0.3 is 4.61 Å². The van der Waals surface area contributed by atoms with Crippen molar-refractivity contribution in [1.82, 2.24) is 0 Å². The quantitative estimate of drug-likeness (QED) is 0.202. The average Bonchev–Trinajstić information content (AvgIpc) is 2.41. The van der Waals surface area contributed by atoms with E-state index < -0.39 is 4.92 Å². The standard InChI is InChI=1S/C8H6BrNO2.C3H2N2S2/c9-8(10(11)12)6-7-4-2-1-3-5-7;4-1-6-3-7-2-5/h1-6H;3H2. The highest BCUT2D eigenvalue weighted by Gasteiger charge is 2.02. The van der Waals surface area contributed by atoms with E-state index in [1.807, 2.05) is 29.0 Å². The molecule has 0 aliphatic carbocycles. The molecule has 19 heavy (non-hydrogen) atoms. The number of hydrogen-bond acceptors (Lipinski definition) is 6. The zero-order chi connectivity index (χ0) is 14.5. The monoisotopic (exact) mass is 357 g/mol. The fraction of sp³-hybridized carbons (Fsp3) is 0.0909. The van der Waals surface area contributed by atoms with Crippen LogP contribution in [0.3, 0.4) is 0 Å². The second kappa shape index (κ2) is 11.6. The lowest BCUT2D eigenvalue weighted by atomic mass is 10.2. The van der Waals surface area contributed by atoms with Gasteiger partial charge in [-0.05, 0) is 29.1 Å². The molecule has 0 amide bonds. The summed E-state index contributed by atoms with van der Waals surface area (Å²) in [5.74, 6) is 0. The summed E-state index contributed by atoms with van der Waals surface area (Å²) < 4.78 is -0.0336.